The molecule has 5 heteroatoms. The average Bonchev–Trinajstić information content (AvgIpc) is 2.65. The predicted molar refractivity (Wildman–Crippen MR) is 99.3 cm³/mol. The monoisotopic (exact) mass is 335 g/mol. The molecule has 0 saturated heterocycles. The Kier molecular flexibility index (Phi) is 5.23. The van der Waals surface area contributed by atoms with Gasteiger partial charge in [0.2, 0.25) is 5.91 Å². The molecule has 3 rings (SSSR count). The van der Waals surface area contributed by atoms with Crippen molar-refractivity contribution in [2.75, 3.05) is 5.75 Å². The Balaban J connectivity index is 1.61. The summed E-state index contributed by atoms with van der Waals surface area (Å²) < 4.78 is 0. The zero-order chi connectivity index (χ0) is 16.8. The first kappa shape index (κ1) is 16.2. The summed E-state index contributed by atoms with van der Waals surface area (Å²) in [5, 5.41) is 7.36. The lowest BCUT2D eigenvalue weighted by molar-refractivity contribution is -0.118. The van der Waals surface area contributed by atoms with E-state index in [1.54, 1.807) is 6.20 Å². The standard InChI is InChI=1S/C19H17N3OS/c1-14(16-10-9-15-6-2-3-7-17(15)12-16)21-22-18(23)13-24-19-8-4-5-11-20-19/h2-12H,13H2,1H3,(H,22,23). The Morgan fingerprint density at radius 2 is 1.88 bits per heavy atom. The summed E-state index contributed by atoms with van der Waals surface area (Å²) in [4.78, 5) is 16.1. The van der Waals surface area contributed by atoms with Crippen molar-refractivity contribution in [1.82, 2.24) is 10.4 Å². The number of hydrogen-bond acceptors (Lipinski definition) is 4. The molecule has 0 aliphatic carbocycles. The smallest absolute Gasteiger partial charge is 0.250 e. The molecule has 1 N–H and O–H groups in total. The lowest BCUT2D eigenvalue weighted by atomic mass is 10.0. The highest BCUT2D eigenvalue weighted by Crippen LogP contribution is 2.16. The van der Waals surface area contributed by atoms with Gasteiger partial charge in [0.15, 0.2) is 0 Å². The molecule has 3 aromatic rings. The van der Waals surface area contributed by atoms with Crippen molar-refractivity contribution in [3.63, 3.8) is 0 Å². The van der Waals surface area contributed by atoms with Gasteiger partial charge in [0, 0.05) is 6.20 Å². The van der Waals surface area contributed by atoms with Gasteiger partial charge in [0.25, 0.3) is 0 Å². The SMILES string of the molecule is CC(=NNC(=O)CSc1ccccn1)c1ccc2ccccc2c1. The van der Waals surface area contributed by atoms with Crippen LogP contribution in [-0.4, -0.2) is 22.4 Å². The average molecular weight is 335 g/mol. The minimum absolute atomic E-state index is 0.147. The lowest BCUT2D eigenvalue weighted by Crippen LogP contribution is -2.21. The fourth-order valence-electron chi connectivity index (χ4n) is 2.23. The van der Waals surface area contributed by atoms with E-state index < -0.39 is 0 Å². The van der Waals surface area contributed by atoms with E-state index in [0.717, 1.165) is 21.7 Å². The Morgan fingerprint density at radius 1 is 1.08 bits per heavy atom. The van der Waals surface area contributed by atoms with E-state index in [1.165, 1.54) is 17.1 Å². The number of hydrazone groups is 1. The van der Waals surface area contributed by atoms with Crippen LogP contribution in [0.15, 0.2) is 77.0 Å². The summed E-state index contributed by atoms with van der Waals surface area (Å²) >= 11 is 1.39. The van der Waals surface area contributed by atoms with Crippen molar-refractivity contribution in [2.45, 2.75) is 11.9 Å². The van der Waals surface area contributed by atoms with E-state index in [9.17, 15) is 4.79 Å². The van der Waals surface area contributed by atoms with Crippen LogP contribution in [0.25, 0.3) is 10.8 Å². The van der Waals surface area contributed by atoms with Gasteiger partial charge in [0.1, 0.15) is 0 Å². The molecule has 0 aliphatic rings. The second kappa shape index (κ2) is 7.75. The highest BCUT2D eigenvalue weighted by atomic mass is 32.2. The van der Waals surface area contributed by atoms with Crippen molar-refractivity contribution in [2.24, 2.45) is 5.10 Å². The largest absolute Gasteiger partial charge is 0.272 e. The number of fused-ring (bicyclic) bond motifs is 1. The number of hydrogen-bond donors (Lipinski definition) is 1. The van der Waals surface area contributed by atoms with Crippen LogP contribution in [0, 0.1) is 0 Å². The molecule has 0 radical (unpaired) electrons. The molecule has 120 valence electrons. The number of nitrogens with one attached hydrogen (secondary N) is 1. The lowest BCUT2D eigenvalue weighted by Gasteiger charge is -2.05. The third-order valence-electron chi connectivity index (χ3n) is 3.50. The Bertz CT molecular complexity index is 878. The van der Waals surface area contributed by atoms with Crippen molar-refractivity contribution in [3.8, 4) is 0 Å². The number of aromatic nitrogens is 1. The van der Waals surface area contributed by atoms with Gasteiger partial charge in [-0.3, -0.25) is 4.79 Å². The topological polar surface area (TPSA) is 54.4 Å². The van der Waals surface area contributed by atoms with E-state index >= 15 is 0 Å². The first-order valence-corrected chi connectivity index (χ1v) is 8.57. The van der Waals surface area contributed by atoms with Crippen LogP contribution < -0.4 is 5.43 Å². The fourth-order valence-corrected chi connectivity index (χ4v) is 2.88. The number of benzene rings is 2. The number of thioether (sulfide) groups is 1. The number of nitrogens with zero attached hydrogens (tertiary/aromatic N) is 2. The molecule has 0 atom stereocenters. The summed E-state index contributed by atoms with van der Waals surface area (Å²) in [6, 6.07) is 19.9. The number of carbonyl (C=O) groups is 1. The van der Waals surface area contributed by atoms with E-state index in [1.807, 2.05) is 43.3 Å². The molecule has 0 spiro atoms. The summed E-state index contributed by atoms with van der Waals surface area (Å²) in [7, 11) is 0. The molecular weight excluding hydrogens is 318 g/mol. The summed E-state index contributed by atoms with van der Waals surface area (Å²) in [5.41, 5.74) is 4.37. The summed E-state index contributed by atoms with van der Waals surface area (Å²) in [6.07, 6.45) is 1.71. The normalized spacial score (nSPS) is 11.5. The molecule has 2 aromatic carbocycles. The van der Waals surface area contributed by atoms with Crippen LogP contribution in [0.5, 0.6) is 0 Å². The van der Waals surface area contributed by atoms with Crippen LogP contribution in [0.1, 0.15) is 12.5 Å². The zero-order valence-electron chi connectivity index (χ0n) is 13.3. The van der Waals surface area contributed by atoms with Crippen LogP contribution in [0.3, 0.4) is 0 Å². The zero-order valence-corrected chi connectivity index (χ0v) is 14.1. The molecule has 0 bridgehead atoms. The quantitative estimate of drug-likeness (QED) is 0.437. The number of amides is 1. The minimum Gasteiger partial charge on any atom is -0.272 e. The van der Waals surface area contributed by atoms with Gasteiger partial charge in [-0.15, -0.1) is 0 Å². The van der Waals surface area contributed by atoms with Crippen LogP contribution in [0.4, 0.5) is 0 Å². The number of pyridine rings is 1. The van der Waals surface area contributed by atoms with Crippen molar-refractivity contribution in [1.29, 1.82) is 0 Å². The minimum atomic E-state index is -0.147. The molecule has 1 amide bonds. The van der Waals surface area contributed by atoms with Crippen molar-refractivity contribution >= 4 is 34.2 Å². The second-order valence-corrected chi connectivity index (χ2v) is 6.25. The van der Waals surface area contributed by atoms with E-state index in [2.05, 4.69) is 39.8 Å². The molecule has 24 heavy (non-hydrogen) atoms. The third kappa shape index (κ3) is 4.20. The molecule has 0 fully saturated rings. The molecule has 0 unspecified atom stereocenters. The summed E-state index contributed by atoms with van der Waals surface area (Å²) in [5.74, 6) is 0.136. The van der Waals surface area contributed by atoms with E-state index in [-0.39, 0.29) is 11.7 Å². The maximum Gasteiger partial charge on any atom is 0.250 e. The van der Waals surface area contributed by atoms with Crippen LogP contribution in [0.2, 0.25) is 0 Å². The highest BCUT2D eigenvalue weighted by Gasteiger charge is 2.04. The number of carbonyl (C=O) groups excluding carboxylic acids is 1. The van der Waals surface area contributed by atoms with Gasteiger partial charge < -0.3 is 0 Å². The molecule has 0 aliphatic heterocycles. The van der Waals surface area contributed by atoms with Crippen molar-refractivity contribution in [3.05, 3.63) is 72.4 Å². The van der Waals surface area contributed by atoms with Gasteiger partial charge in [-0.25, -0.2) is 10.4 Å². The molecule has 1 aromatic heterocycles. The maximum absolute atomic E-state index is 11.9. The summed E-state index contributed by atoms with van der Waals surface area (Å²) in [6.45, 7) is 1.89. The molecule has 4 nitrogen and oxygen atoms in total. The highest BCUT2D eigenvalue weighted by molar-refractivity contribution is 7.99. The van der Waals surface area contributed by atoms with Crippen molar-refractivity contribution < 1.29 is 4.79 Å². The molecule has 0 saturated carbocycles. The maximum atomic E-state index is 11.9. The van der Waals surface area contributed by atoms with Gasteiger partial charge in [-0.1, -0.05) is 54.2 Å². The van der Waals surface area contributed by atoms with E-state index in [4.69, 9.17) is 0 Å². The van der Waals surface area contributed by atoms with Gasteiger partial charge in [0.05, 0.1) is 16.5 Å². The first-order valence-electron chi connectivity index (χ1n) is 7.58. The molecule has 1 heterocycles. The van der Waals surface area contributed by atoms with Gasteiger partial charge in [-0.05, 0) is 41.5 Å². The Hall–Kier alpha value is -2.66. The van der Waals surface area contributed by atoms with E-state index in [0.29, 0.717) is 0 Å². The van der Waals surface area contributed by atoms with Crippen LogP contribution in [-0.2, 0) is 4.79 Å². The molecular formula is C19H17N3OS. The Morgan fingerprint density at radius 3 is 2.67 bits per heavy atom. The van der Waals surface area contributed by atoms with Crippen LogP contribution >= 0.6 is 11.8 Å². The second-order valence-electron chi connectivity index (χ2n) is 5.25. The third-order valence-corrected chi connectivity index (χ3v) is 4.45. The van der Waals surface area contributed by atoms with Gasteiger partial charge in [-0.2, -0.15) is 5.10 Å². The Labute approximate surface area is 145 Å². The first-order chi connectivity index (χ1) is 11.7. The van der Waals surface area contributed by atoms with Gasteiger partial charge >= 0.3 is 0 Å². The number of rotatable bonds is 5. The predicted octanol–water partition coefficient (Wildman–Crippen LogP) is 3.87. The fraction of sp³-hybridized carbons (Fsp3) is 0.105.